The normalized spacial score (nSPS) is 10.6. The lowest BCUT2D eigenvalue weighted by Crippen LogP contribution is -2.09. The summed E-state index contributed by atoms with van der Waals surface area (Å²) >= 11 is 2.10. The second-order valence-electron chi connectivity index (χ2n) is 2.08. The maximum Gasteiger partial charge on any atom is 0.263 e. The molecule has 0 saturated heterocycles. The number of fused-ring (bicyclic) bond motifs is 1. The van der Waals surface area contributed by atoms with Crippen LogP contribution < -0.4 is 5.56 Å². The molecular formula is C6H4IN3O. The van der Waals surface area contributed by atoms with E-state index in [0.717, 1.165) is 9.35 Å². The van der Waals surface area contributed by atoms with E-state index in [2.05, 4.69) is 32.7 Å². The maximum atomic E-state index is 10.8. The van der Waals surface area contributed by atoms with Crippen LogP contribution in [0.25, 0.3) is 5.65 Å². The number of nitrogens with one attached hydrogen (secondary N) is 1. The van der Waals surface area contributed by atoms with Crippen LogP contribution in [0.4, 0.5) is 0 Å². The van der Waals surface area contributed by atoms with Gasteiger partial charge in [-0.15, -0.1) is 0 Å². The van der Waals surface area contributed by atoms with Crippen molar-refractivity contribution in [1.82, 2.24) is 14.6 Å². The molecule has 1 N–H and O–H groups in total. The highest BCUT2D eigenvalue weighted by Crippen LogP contribution is 2.03. The van der Waals surface area contributed by atoms with Crippen LogP contribution in [0.1, 0.15) is 0 Å². The van der Waals surface area contributed by atoms with Gasteiger partial charge < -0.3 is 0 Å². The van der Waals surface area contributed by atoms with Crippen LogP contribution >= 0.6 is 22.6 Å². The molecule has 56 valence electrons. The van der Waals surface area contributed by atoms with Gasteiger partial charge in [-0.3, -0.25) is 9.89 Å². The molecule has 4 nitrogen and oxygen atoms in total. The van der Waals surface area contributed by atoms with Crippen molar-refractivity contribution >= 4 is 28.2 Å². The summed E-state index contributed by atoms with van der Waals surface area (Å²) in [4.78, 5) is 14.9. The van der Waals surface area contributed by atoms with E-state index in [4.69, 9.17) is 0 Å². The second kappa shape index (κ2) is 2.33. The van der Waals surface area contributed by atoms with Crippen LogP contribution in [0.2, 0.25) is 0 Å². The zero-order chi connectivity index (χ0) is 7.84. The Balaban J connectivity index is 2.98. The summed E-state index contributed by atoms with van der Waals surface area (Å²) in [5.74, 6) is 0. The third-order valence-corrected chi connectivity index (χ3v) is 2.11. The molecule has 2 heterocycles. The zero-order valence-corrected chi connectivity index (χ0v) is 7.57. The molecule has 0 unspecified atom stereocenters. The van der Waals surface area contributed by atoms with Crippen molar-refractivity contribution < 1.29 is 0 Å². The summed E-state index contributed by atoms with van der Waals surface area (Å²) in [6.45, 7) is 0. The minimum absolute atomic E-state index is 0.117. The summed E-state index contributed by atoms with van der Waals surface area (Å²) in [6.07, 6.45) is 1.70. The maximum absolute atomic E-state index is 10.8. The third-order valence-electron chi connectivity index (χ3n) is 1.35. The Morgan fingerprint density at radius 3 is 3.18 bits per heavy atom. The van der Waals surface area contributed by atoms with Crippen molar-refractivity contribution in [3.05, 3.63) is 32.4 Å². The molecule has 0 aliphatic carbocycles. The summed E-state index contributed by atoms with van der Waals surface area (Å²) in [6, 6.07) is 3.14. The minimum Gasteiger partial charge on any atom is -0.268 e. The van der Waals surface area contributed by atoms with Crippen molar-refractivity contribution in [2.24, 2.45) is 0 Å². The molecule has 2 aromatic rings. The standard InChI is InChI=1S/C6H4IN3O/c7-4-3-8-5-1-2-6(11)9-10(4)5/h1-3H,(H,9,11). The quantitative estimate of drug-likeness (QED) is 0.707. The van der Waals surface area contributed by atoms with Crippen molar-refractivity contribution in [3.8, 4) is 0 Å². The first-order valence-corrected chi connectivity index (χ1v) is 4.07. The molecule has 0 aliphatic heterocycles. The average molecular weight is 261 g/mol. The number of aromatic nitrogens is 3. The average Bonchev–Trinajstić information content (AvgIpc) is 2.33. The fourth-order valence-electron chi connectivity index (χ4n) is 0.870. The molecule has 0 amide bonds. The van der Waals surface area contributed by atoms with E-state index in [1.165, 1.54) is 6.07 Å². The first kappa shape index (κ1) is 6.84. The number of H-pyrrole nitrogens is 1. The van der Waals surface area contributed by atoms with Crippen LogP contribution in [-0.2, 0) is 0 Å². The Bertz CT molecular complexity index is 444. The molecule has 0 bridgehead atoms. The monoisotopic (exact) mass is 261 g/mol. The zero-order valence-electron chi connectivity index (χ0n) is 5.41. The lowest BCUT2D eigenvalue weighted by molar-refractivity contribution is 0.885. The first-order valence-electron chi connectivity index (χ1n) is 3.00. The largest absolute Gasteiger partial charge is 0.268 e. The van der Waals surface area contributed by atoms with E-state index < -0.39 is 0 Å². The van der Waals surface area contributed by atoms with E-state index in [1.54, 1.807) is 16.8 Å². The van der Waals surface area contributed by atoms with Crippen LogP contribution in [-0.4, -0.2) is 14.6 Å². The van der Waals surface area contributed by atoms with Crippen molar-refractivity contribution in [1.29, 1.82) is 0 Å². The highest BCUT2D eigenvalue weighted by atomic mass is 127. The number of aromatic amines is 1. The summed E-state index contributed by atoms with van der Waals surface area (Å²) in [7, 11) is 0. The van der Waals surface area contributed by atoms with E-state index >= 15 is 0 Å². The number of hydrogen-bond donors (Lipinski definition) is 1. The van der Waals surface area contributed by atoms with Crippen LogP contribution in [0.5, 0.6) is 0 Å². The molecule has 0 aliphatic rings. The van der Waals surface area contributed by atoms with Crippen LogP contribution in [0, 0.1) is 3.70 Å². The van der Waals surface area contributed by atoms with Gasteiger partial charge in [-0.05, 0) is 28.7 Å². The van der Waals surface area contributed by atoms with Gasteiger partial charge in [0.15, 0.2) is 5.65 Å². The predicted molar refractivity (Wildman–Crippen MR) is 48.5 cm³/mol. The molecule has 11 heavy (non-hydrogen) atoms. The van der Waals surface area contributed by atoms with E-state index in [9.17, 15) is 4.79 Å². The molecule has 2 aromatic heterocycles. The lowest BCUT2D eigenvalue weighted by Gasteiger charge is -1.91. The topological polar surface area (TPSA) is 50.2 Å². The van der Waals surface area contributed by atoms with Gasteiger partial charge in [-0.25, -0.2) is 9.50 Å². The molecule has 5 heteroatoms. The SMILES string of the molecule is O=c1ccc2ncc(I)n2[nH]1. The molecule has 0 fully saturated rings. The number of rotatable bonds is 0. The second-order valence-corrected chi connectivity index (χ2v) is 3.19. The Labute approximate surface area is 75.4 Å². The Morgan fingerprint density at radius 2 is 2.36 bits per heavy atom. The highest BCUT2D eigenvalue weighted by molar-refractivity contribution is 14.1. The summed E-state index contributed by atoms with van der Waals surface area (Å²) < 4.78 is 2.54. The van der Waals surface area contributed by atoms with E-state index in [1.807, 2.05) is 0 Å². The Kier molecular flexibility index (Phi) is 1.45. The third kappa shape index (κ3) is 1.05. The molecular weight excluding hydrogens is 257 g/mol. The first-order chi connectivity index (χ1) is 5.27. The molecule has 0 radical (unpaired) electrons. The molecule has 0 aromatic carbocycles. The highest BCUT2D eigenvalue weighted by Gasteiger charge is 1.97. The number of imidazole rings is 1. The smallest absolute Gasteiger partial charge is 0.263 e. The molecule has 2 rings (SSSR count). The Hall–Kier alpha value is -0.850. The number of nitrogens with zero attached hydrogens (tertiary/aromatic N) is 2. The van der Waals surface area contributed by atoms with E-state index in [0.29, 0.717) is 0 Å². The van der Waals surface area contributed by atoms with Gasteiger partial charge in [0.25, 0.3) is 5.56 Å². The van der Waals surface area contributed by atoms with Crippen LogP contribution in [0.3, 0.4) is 0 Å². The molecule has 0 atom stereocenters. The van der Waals surface area contributed by atoms with Gasteiger partial charge in [-0.2, -0.15) is 0 Å². The van der Waals surface area contributed by atoms with Gasteiger partial charge in [0, 0.05) is 6.07 Å². The molecule has 0 saturated carbocycles. The summed E-state index contributed by atoms with van der Waals surface area (Å²) in [5, 5.41) is 2.63. The van der Waals surface area contributed by atoms with Crippen LogP contribution in [0.15, 0.2) is 23.1 Å². The van der Waals surface area contributed by atoms with Crippen molar-refractivity contribution in [3.63, 3.8) is 0 Å². The van der Waals surface area contributed by atoms with Gasteiger partial charge in [0.05, 0.1) is 6.20 Å². The fraction of sp³-hybridized carbons (Fsp3) is 0. The van der Waals surface area contributed by atoms with Gasteiger partial charge in [-0.1, -0.05) is 0 Å². The van der Waals surface area contributed by atoms with E-state index in [-0.39, 0.29) is 5.56 Å². The van der Waals surface area contributed by atoms with Gasteiger partial charge in [0.1, 0.15) is 3.70 Å². The minimum atomic E-state index is -0.117. The Morgan fingerprint density at radius 1 is 1.55 bits per heavy atom. The summed E-state index contributed by atoms with van der Waals surface area (Å²) in [5.41, 5.74) is 0.641. The molecule has 0 spiro atoms. The van der Waals surface area contributed by atoms with Gasteiger partial charge in [0.2, 0.25) is 0 Å². The lowest BCUT2D eigenvalue weighted by atomic mass is 10.6. The number of halogens is 1. The fourth-order valence-corrected chi connectivity index (χ4v) is 1.38. The van der Waals surface area contributed by atoms with Crippen molar-refractivity contribution in [2.75, 3.05) is 0 Å². The number of hydrogen-bond acceptors (Lipinski definition) is 2. The van der Waals surface area contributed by atoms with Gasteiger partial charge >= 0.3 is 0 Å². The predicted octanol–water partition coefficient (Wildman–Crippen LogP) is 0.627. The van der Waals surface area contributed by atoms with Crippen molar-refractivity contribution in [2.45, 2.75) is 0 Å².